The van der Waals surface area contributed by atoms with Crippen molar-refractivity contribution in [1.29, 1.82) is 0 Å². The molecule has 0 radical (unpaired) electrons. The first-order valence-electron chi connectivity index (χ1n) is 11.1. The number of hydrogen-bond donors (Lipinski definition) is 1. The van der Waals surface area contributed by atoms with Gasteiger partial charge >= 0.3 is 6.09 Å². The number of benzene rings is 1. The van der Waals surface area contributed by atoms with E-state index in [4.69, 9.17) is 4.74 Å². The van der Waals surface area contributed by atoms with Crippen molar-refractivity contribution in [3.8, 4) is 0 Å². The van der Waals surface area contributed by atoms with Crippen molar-refractivity contribution < 1.29 is 13.9 Å². The van der Waals surface area contributed by atoms with Gasteiger partial charge in [0.1, 0.15) is 21.6 Å². The van der Waals surface area contributed by atoms with E-state index in [9.17, 15) is 14.4 Å². The molecular formula is C23H27FN4O4S. The third-order valence-corrected chi connectivity index (χ3v) is 7.22. The van der Waals surface area contributed by atoms with Gasteiger partial charge < -0.3 is 19.1 Å². The molecule has 1 atom stereocenters. The third-order valence-electron chi connectivity index (χ3n) is 6.34. The number of carbonyl (C=O) groups excluding carboxylic acids is 1. The number of carbonyl (C=O) groups is 1. The van der Waals surface area contributed by atoms with Crippen molar-refractivity contribution in [2.75, 3.05) is 25.0 Å². The van der Waals surface area contributed by atoms with Gasteiger partial charge in [-0.2, -0.15) is 0 Å². The molecule has 176 valence electrons. The van der Waals surface area contributed by atoms with Crippen molar-refractivity contribution >= 4 is 44.4 Å². The molecule has 2 aromatic heterocycles. The SMILES string of the molecule is CN(C(=O)OC(C)(C)C)C1CCN(c2cc3c(cc2F)c(=O)c2c(=O)[nH]sc2n3C2CC2)C1. The molecule has 1 amide bonds. The molecular weight excluding hydrogens is 447 g/mol. The van der Waals surface area contributed by atoms with E-state index in [1.54, 1.807) is 18.0 Å². The standard InChI is InChI=1S/C23H27FN4O4S/c1-23(2,3)32-22(31)26(4)13-7-8-27(11-13)17-10-16-14(9-15(17)24)19(29)18-20(30)25-33-21(18)28(16)12-5-6-12/h9-10,12-13H,5-8,11H2,1-4H3,(H,25,30). The lowest BCUT2D eigenvalue weighted by molar-refractivity contribution is 0.0238. The molecule has 8 nitrogen and oxygen atoms in total. The molecule has 2 fully saturated rings. The molecule has 3 heterocycles. The molecule has 1 saturated heterocycles. The Bertz CT molecular complexity index is 1380. The van der Waals surface area contributed by atoms with Gasteiger partial charge in [0.25, 0.3) is 5.56 Å². The Balaban J connectivity index is 1.52. The van der Waals surface area contributed by atoms with Gasteiger partial charge in [-0.05, 0) is 63.7 Å². The Labute approximate surface area is 193 Å². The predicted octanol–water partition coefficient (Wildman–Crippen LogP) is 3.82. The fourth-order valence-corrected chi connectivity index (χ4v) is 5.46. The summed E-state index contributed by atoms with van der Waals surface area (Å²) in [4.78, 5) is 41.8. The molecule has 5 rings (SSSR count). The van der Waals surface area contributed by atoms with Crippen molar-refractivity contribution in [1.82, 2.24) is 13.8 Å². The number of H-pyrrole nitrogens is 1. The van der Waals surface area contributed by atoms with E-state index in [2.05, 4.69) is 4.37 Å². The Morgan fingerprint density at radius 3 is 2.64 bits per heavy atom. The zero-order valence-corrected chi connectivity index (χ0v) is 19.9. The summed E-state index contributed by atoms with van der Waals surface area (Å²) < 4.78 is 25.4. The summed E-state index contributed by atoms with van der Waals surface area (Å²) in [5.74, 6) is -0.506. The van der Waals surface area contributed by atoms with E-state index in [1.807, 2.05) is 30.2 Å². The van der Waals surface area contributed by atoms with Crippen LogP contribution in [0.1, 0.15) is 46.1 Å². The summed E-state index contributed by atoms with van der Waals surface area (Å²) in [5, 5.41) is 0.327. The number of hydrogen-bond acceptors (Lipinski definition) is 6. The number of pyridine rings is 1. The number of rotatable bonds is 3. The summed E-state index contributed by atoms with van der Waals surface area (Å²) >= 11 is 1.15. The van der Waals surface area contributed by atoms with Crippen LogP contribution < -0.4 is 15.9 Å². The predicted molar refractivity (Wildman–Crippen MR) is 127 cm³/mol. The smallest absolute Gasteiger partial charge is 0.410 e. The molecule has 33 heavy (non-hydrogen) atoms. The molecule has 1 aliphatic carbocycles. The fraction of sp³-hybridized carbons (Fsp3) is 0.522. The van der Waals surface area contributed by atoms with Crippen molar-refractivity contribution in [2.45, 2.75) is 57.7 Å². The zero-order valence-electron chi connectivity index (χ0n) is 19.1. The average Bonchev–Trinajstić information content (AvgIpc) is 3.31. The van der Waals surface area contributed by atoms with Crippen LogP contribution >= 0.6 is 11.5 Å². The van der Waals surface area contributed by atoms with E-state index in [0.29, 0.717) is 35.5 Å². The number of aromatic nitrogens is 2. The van der Waals surface area contributed by atoms with Crippen LogP contribution in [0, 0.1) is 5.82 Å². The number of likely N-dealkylation sites (N-methyl/N-ethyl adjacent to an activating group) is 1. The summed E-state index contributed by atoms with van der Waals surface area (Å²) in [6, 6.07) is 3.07. The Kier molecular flexibility index (Phi) is 5.04. The Hall–Kier alpha value is -2.88. The largest absolute Gasteiger partial charge is 0.444 e. The highest BCUT2D eigenvalue weighted by Gasteiger charge is 2.33. The normalized spacial score (nSPS) is 18.9. The van der Waals surface area contributed by atoms with Gasteiger partial charge in [-0.25, -0.2) is 9.18 Å². The lowest BCUT2D eigenvalue weighted by atomic mass is 10.1. The van der Waals surface area contributed by atoms with E-state index < -0.39 is 28.5 Å². The van der Waals surface area contributed by atoms with Crippen molar-refractivity contribution in [3.63, 3.8) is 0 Å². The highest BCUT2D eigenvalue weighted by molar-refractivity contribution is 7.12. The van der Waals surface area contributed by atoms with Gasteiger partial charge in [-0.3, -0.25) is 14.0 Å². The van der Waals surface area contributed by atoms with E-state index >= 15 is 4.39 Å². The molecule has 1 unspecified atom stereocenters. The highest BCUT2D eigenvalue weighted by atomic mass is 32.1. The van der Waals surface area contributed by atoms with Gasteiger partial charge in [0, 0.05) is 31.6 Å². The minimum Gasteiger partial charge on any atom is -0.444 e. The average molecular weight is 475 g/mol. The number of aromatic amines is 1. The van der Waals surface area contributed by atoms with Gasteiger partial charge in [0.05, 0.1) is 17.2 Å². The van der Waals surface area contributed by atoms with E-state index in [1.165, 1.54) is 6.07 Å². The summed E-state index contributed by atoms with van der Waals surface area (Å²) in [6.07, 6.45) is 2.19. The summed E-state index contributed by atoms with van der Waals surface area (Å²) in [6.45, 7) is 6.50. The van der Waals surface area contributed by atoms with Gasteiger partial charge in [0.15, 0.2) is 0 Å². The van der Waals surface area contributed by atoms with Crippen LogP contribution in [-0.4, -0.2) is 51.7 Å². The highest BCUT2D eigenvalue weighted by Crippen LogP contribution is 2.41. The molecule has 10 heteroatoms. The number of fused-ring (bicyclic) bond motifs is 2. The lowest BCUT2D eigenvalue weighted by Crippen LogP contribution is -2.42. The number of nitrogens with one attached hydrogen (secondary N) is 1. The van der Waals surface area contributed by atoms with Crippen LogP contribution in [0.15, 0.2) is 21.7 Å². The summed E-state index contributed by atoms with van der Waals surface area (Å²) in [5.41, 5.74) is -0.402. The fourth-order valence-electron chi connectivity index (χ4n) is 4.54. The minimum atomic E-state index is -0.588. The summed E-state index contributed by atoms with van der Waals surface area (Å²) in [7, 11) is 1.70. The molecule has 0 bridgehead atoms. The molecule has 1 aliphatic heterocycles. The first-order valence-corrected chi connectivity index (χ1v) is 12.0. The van der Waals surface area contributed by atoms with Gasteiger partial charge in [-0.15, -0.1) is 0 Å². The Morgan fingerprint density at radius 1 is 1.24 bits per heavy atom. The first kappa shape index (κ1) is 21.9. The third kappa shape index (κ3) is 3.80. The minimum absolute atomic E-state index is 0.103. The maximum atomic E-state index is 15.3. The lowest BCUT2D eigenvalue weighted by Gasteiger charge is -2.29. The molecule has 2 aliphatic rings. The van der Waals surface area contributed by atoms with Crippen LogP contribution in [0.4, 0.5) is 14.9 Å². The molecule has 0 spiro atoms. The number of nitrogens with zero attached hydrogens (tertiary/aromatic N) is 3. The Morgan fingerprint density at radius 2 is 1.97 bits per heavy atom. The van der Waals surface area contributed by atoms with E-state index in [0.717, 1.165) is 24.4 Å². The molecule has 1 N–H and O–H groups in total. The quantitative estimate of drug-likeness (QED) is 0.624. The first-order chi connectivity index (χ1) is 15.5. The molecule has 1 saturated carbocycles. The number of anilines is 1. The van der Waals surface area contributed by atoms with Crippen molar-refractivity contribution in [2.24, 2.45) is 0 Å². The second-order valence-corrected chi connectivity index (χ2v) is 10.7. The molecule has 3 aromatic rings. The second-order valence-electron chi connectivity index (χ2n) is 9.94. The van der Waals surface area contributed by atoms with Gasteiger partial charge in [-0.1, -0.05) is 0 Å². The molecule has 1 aromatic carbocycles. The van der Waals surface area contributed by atoms with Crippen LogP contribution in [0.5, 0.6) is 0 Å². The number of amides is 1. The van der Waals surface area contributed by atoms with Crippen LogP contribution in [-0.2, 0) is 4.74 Å². The topological polar surface area (TPSA) is 87.6 Å². The number of halogens is 1. The van der Waals surface area contributed by atoms with Crippen LogP contribution in [0.25, 0.3) is 21.1 Å². The van der Waals surface area contributed by atoms with Crippen LogP contribution in [0.3, 0.4) is 0 Å². The van der Waals surface area contributed by atoms with Gasteiger partial charge in [0.2, 0.25) is 5.43 Å². The zero-order chi connectivity index (χ0) is 23.7. The maximum absolute atomic E-state index is 15.3. The second kappa shape index (κ2) is 7.58. The van der Waals surface area contributed by atoms with E-state index in [-0.39, 0.29) is 22.9 Å². The van der Waals surface area contributed by atoms with Crippen molar-refractivity contribution in [3.05, 3.63) is 38.5 Å². The maximum Gasteiger partial charge on any atom is 0.410 e. The monoisotopic (exact) mass is 474 g/mol. The number of ether oxygens (including phenoxy) is 1. The van der Waals surface area contributed by atoms with Crippen LogP contribution in [0.2, 0.25) is 0 Å².